The average Bonchev–Trinajstić information content (AvgIpc) is 2.79. The standard InChI is InChI=1S/C24H22F7NO3/c1-15(17-12-18(23(26,27)28)14-19(13-17)24(29,30)31)35-22-21(16-4-6-20(25)7-5-16)32(9-11-34-22)8-2-3-10-33/h4-7,12-15,21-22,33H,2,8-9,11H2,1H3/t15-,21?,22?/m1/s1. The maximum Gasteiger partial charge on any atom is 0.416 e. The van der Waals surface area contributed by atoms with Gasteiger partial charge in [0.05, 0.1) is 29.9 Å². The van der Waals surface area contributed by atoms with Gasteiger partial charge in [-0.3, -0.25) is 4.90 Å². The molecule has 0 amide bonds. The van der Waals surface area contributed by atoms with Crippen LogP contribution in [0, 0.1) is 17.8 Å². The Morgan fingerprint density at radius 3 is 2.20 bits per heavy atom. The molecule has 1 aliphatic heterocycles. The number of nitrogens with zero attached hydrogens (tertiary/aromatic N) is 1. The van der Waals surface area contributed by atoms with E-state index in [0.717, 1.165) is 0 Å². The first-order chi connectivity index (χ1) is 16.4. The smallest absolute Gasteiger partial charge is 0.416 e. The number of alkyl halides is 6. The van der Waals surface area contributed by atoms with Crippen LogP contribution in [-0.4, -0.2) is 36.0 Å². The monoisotopic (exact) mass is 505 g/mol. The Balaban J connectivity index is 1.93. The summed E-state index contributed by atoms with van der Waals surface area (Å²) in [5.74, 6) is 2.02. The average molecular weight is 505 g/mol. The van der Waals surface area contributed by atoms with E-state index in [9.17, 15) is 30.7 Å². The van der Waals surface area contributed by atoms with Crippen molar-refractivity contribution in [2.45, 2.75) is 44.1 Å². The van der Waals surface area contributed by atoms with Gasteiger partial charge >= 0.3 is 12.4 Å². The zero-order chi connectivity index (χ0) is 25.8. The first kappa shape index (κ1) is 26.8. The predicted octanol–water partition coefficient (Wildman–Crippen LogP) is 6.06. The van der Waals surface area contributed by atoms with Crippen molar-refractivity contribution in [3.63, 3.8) is 0 Å². The zero-order valence-corrected chi connectivity index (χ0v) is 18.5. The van der Waals surface area contributed by atoms with Gasteiger partial charge in [-0.1, -0.05) is 18.1 Å². The fourth-order valence-corrected chi connectivity index (χ4v) is 3.83. The van der Waals surface area contributed by atoms with E-state index in [4.69, 9.17) is 14.6 Å². The van der Waals surface area contributed by atoms with E-state index in [-0.39, 0.29) is 24.7 Å². The van der Waals surface area contributed by atoms with Crippen LogP contribution in [0.15, 0.2) is 42.5 Å². The number of morpholine rings is 1. The summed E-state index contributed by atoms with van der Waals surface area (Å²) in [6.07, 6.45) is -10.2. The summed E-state index contributed by atoms with van der Waals surface area (Å²) in [7, 11) is 0. The van der Waals surface area contributed by atoms with Gasteiger partial charge in [0.15, 0.2) is 6.29 Å². The molecule has 11 heteroatoms. The molecule has 0 aliphatic carbocycles. The van der Waals surface area contributed by atoms with Crippen molar-refractivity contribution in [1.82, 2.24) is 4.90 Å². The first-order valence-corrected chi connectivity index (χ1v) is 10.6. The number of hydrogen-bond donors (Lipinski definition) is 1. The highest BCUT2D eigenvalue weighted by molar-refractivity contribution is 5.34. The van der Waals surface area contributed by atoms with Gasteiger partial charge in [0.2, 0.25) is 0 Å². The lowest BCUT2D eigenvalue weighted by Crippen LogP contribution is -2.47. The number of hydrogen-bond acceptors (Lipinski definition) is 4. The van der Waals surface area contributed by atoms with Crippen molar-refractivity contribution in [2.24, 2.45) is 0 Å². The second-order valence-corrected chi connectivity index (χ2v) is 7.93. The molecule has 0 radical (unpaired) electrons. The number of aliphatic hydroxyl groups is 1. The van der Waals surface area contributed by atoms with Crippen LogP contribution >= 0.6 is 0 Å². The van der Waals surface area contributed by atoms with Gasteiger partial charge in [-0.15, -0.1) is 0 Å². The van der Waals surface area contributed by atoms with Gasteiger partial charge < -0.3 is 14.6 Å². The molecule has 35 heavy (non-hydrogen) atoms. The molecule has 1 heterocycles. The Hall–Kier alpha value is -2.81. The fourth-order valence-electron chi connectivity index (χ4n) is 3.83. The third-order valence-electron chi connectivity index (χ3n) is 5.54. The Labute approximate surface area is 197 Å². The Bertz CT molecular complexity index is 1030. The van der Waals surface area contributed by atoms with Gasteiger partial charge in [-0.25, -0.2) is 4.39 Å². The van der Waals surface area contributed by atoms with Gasteiger partial charge in [0, 0.05) is 19.5 Å². The molecule has 1 saturated heterocycles. The molecule has 0 aromatic heterocycles. The number of halogens is 7. The molecular weight excluding hydrogens is 483 g/mol. The first-order valence-electron chi connectivity index (χ1n) is 10.6. The minimum Gasteiger partial charge on any atom is -0.462 e. The summed E-state index contributed by atoms with van der Waals surface area (Å²) in [5.41, 5.74) is -2.64. The van der Waals surface area contributed by atoms with E-state index in [1.807, 2.05) is 4.90 Å². The second-order valence-electron chi connectivity index (χ2n) is 7.93. The Kier molecular flexibility index (Phi) is 8.30. The minimum absolute atomic E-state index is 0.0541. The van der Waals surface area contributed by atoms with Crippen LogP contribution in [0.3, 0.4) is 0 Å². The lowest BCUT2D eigenvalue weighted by molar-refractivity contribution is -0.229. The molecule has 4 nitrogen and oxygen atoms in total. The highest BCUT2D eigenvalue weighted by Gasteiger charge is 2.39. The highest BCUT2D eigenvalue weighted by Crippen LogP contribution is 2.39. The third-order valence-corrected chi connectivity index (χ3v) is 5.54. The van der Waals surface area contributed by atoms with Gasteiger partial charge in [-0.05, 0) is 48.4 Å². The molecule has 0 bridgehead atoms. The van der Waals surface area contributed by atoms with Crippen molar-refractivity contribution in [3.8, 4) is 12.0 Å². The third kappa shape index (κ3) is 6.87. The van der Waals surface area contributed by atoms with E-state index in [1.54, 1.807) is 6.11 Å². The lowest BCUT2D eigenvalue weighted by atomic mass is 10.0. The van der Waals surface area contributed by atoms with Crippen LogP contribution in [0.25, 0.3) is 0 Å². The number of benzene rings is 2. The maximum atomic E-state index is 13.5. The SMILES string of the molecule is C[C@@H](OC1OCCN(CCC#CO)C1c1ccc(F)cc1)c1cc(C(F)(F)F)cc(C(F)(F)F)c1. The number of rotatable bonds is 6. The summed E-state index contributed by atoms with van der Waals surface area (Å²) in [6.45, 7) is 2.26. The summed E-state index contributed by atoms with van der Waals surface area (Å²) in [4.78, 5) is 1.88. The van der Waals surface area contributed by atoms with Crippen molar-refractivity contribution >= 4 is 0 Å². The van der Waals surface area contributed by atoms with E-state index < -0.39 is 47.7 Å². The van der Waals surface area contributed by atoms with E-state index >= 15 is 0 Å². The van der Waals surface area contributed by atoms with Crippen molar-refractivity contribution in [1.29, 1.82) is 0 Å². The van der Waals surface area contributed by atoms with Gasteiger partial charge in [0.1, 0.15) is 11.9 Å². The number of aliphatic hydroxyl groups excluding tert-OH is 1. The summed E-state index contributed by atoms with van der Waals surface area (Å²) >= 11 is 0. The molecule has 0 spiro atoms. The molecule has 2 aromatic carbocycles. The number of ether oxygens (including phenoxy) is 2. The van der Waals surface area contributed by atoms with Crippen LogP contribution in [0.1, 0.15) is 47.7 Å². The molecule has 1 N–H and O–H groups in total. The molecule has 2 aromatic rings. The van der Waals surface area contributed by atoms with Crippen LogP contribution in [-0.2, 0) is 21.8 Å². The van der Waals surface area contributed by atoms with Crippen molar-refractivity contribution in [2.75, 3.05) is 19.7 Å². The van der Waals surface area contributed by atoms with Crippen molar-refractivity contribution in [3.05, 3.63) is 70.5 Å². The lowest BCUT2D eigenvalue weighted by Gasteiger charge is -2.42. The zero-order valence-electron chi connectivity index (χ0n) is 18.5. The van der Waals surface area contributed by atoms with Gasteiger partial charge in [0.25, 0.3) is 0 Å². The van der Waals surface area contributed by atoms with E-state index in [1.165, 1.54) is 31.2 Å². The van der Waals surface area contributed by atoms with Crippen molar-refractivity contribution < 1.29 is 45.3 Å². The van der Waals surface area contributed by atoms with Crippen LogP contribution in [0.2, 0.25) is 0 Å². The summed E-state index contributed by atoms with van der Waals surface area (Å²) in [6, 6.07) is 6.06. The largest absolute Gasteiger partial charge is 0.462 e. The van der Waals surface area contributed by atoms with Crippen LogP contribution in [0.4, 0.5) is 30.7 Å². The molecule has 190 valence electrons. The van der Waals surface area contributed by atoms with E-state index in [2.05, 4.69) is 5.92 Å². The fraction of sp³-hybridized carbons (Fsp3) is 0.417. The molecular formula is C24H22F7NO3. The van der Waals surface area contributed by atoms with E-state index in [0.29, 0.717) is 30.8 Å². The van der Waals surface area contributed by atoms with Crippen LogP contribution in [0.5, 0.6) is 0 Å². The quantitative estimate of drug-likeness (QED) is 0.383. The highest BCUT2D eigenvalue weighted by atomic mass is 19.4. The second kappa shape index (κ2) is 10.8. The molecule has 1 fully saturated rings. The normalized spacial score (nSPS) is 20.2. The minimum atomic E-state index is -4.99. The summed E-state index contributed by atoms with van der Waals surface area (Å²) in [5, 5.41) is 8.73. The maximum absolute atomic E-state index is 13.5. The Morgan fingerprint density at radius 2 is 1.66 bits per heavy atom. The Morgan fingerprint density at radius 1 is 1.06 bits per heavy atom. The topological polar surface area (TPSA) is 41.9 Å². The van der Waals surface area contributed by atoms with Crippen LogP contribution < -0.4 is 0 Å². The predicted molar refractivity (Wildman–Crippen MR) is 111 cm³/mol. The molecule has 3 rings (SSSR count). The molecule has 0 saturated carbocycles. The molecule has 1 aliphatic rings. The summed E-state index contributed by atoms with van der Waals surface area (Å²) < 4.78 is 105. The molecule has 3 atom stereocenters. The van der Waals surface area contributed by atoms with Gasteiger partial charge in [-0.2, -0.15) is 26.3 Å². The molecule has 2 unspecified atom stereocenters.